The maximum absolute atomic E-state index is 12.8. The van der Waals surface area contributed by atoms with Gasteiger partial charge in [0.1, 0.15) is 0 Å². The van der Waals surface area contributed by atoms with Gasteiger partial charge in [0.25, 0.3) is 0 Å². The van der Waals surface area contributed by atoms with Gasteiger partial charge in [0, 0.05) is 5.38 Å². The highest BCUT2D eigenvalue weighted by Gasteiger charge is 2.54. The number of aliphatic carboxylic acids is 1. The van der Waals surface area contributed by atoms with Gasteiger partial charge in [-0.3, -0.25) is 9.59 Å². The fourth-order valence-corrected chi connectivity index (χ4v) is 5.92. The Labute approximate surface area is 133 Å². The number of carboxylic acid groups (broad SMARTS) is 1. The first-order valence-corrected chi connectivity index (χ1v) is 8.88. The minimum Gasteiger partial charge on any atom is -0.481 e. The highest BCUT2D eigenvalue weighted by molar-refractivity contribution is 7.13. The number of amides is 1. The zero-order valence-corrected chi connectivity index (χ0v) is 13.2. The zero-order valence-electron chi connectivity index (χ0n) is 12.4. The molecule has 118 valence electrons. The van der Waals surface area contributed by atoms with E-state index in [1.165, 1.54) is 30.6 Å². The molecule has 6 heteroatoms. The average Bonchev–Trinajstić information content (AvgIpc) is 2.83. The van der Waals surface area contributed by atoms with Crippen molar-refractivity contribution in [2.24, 2.45) is 23.2 Å². The van der Waals surface area contributed by atoms with Gasteiger partial charge in [-0.05, 0) is 56.3 Å². The SMILES string of the molecule is O=C(O)Cc1csc(NC(=O)C23CC4CC(CC(C4)C2)C3)n1. The Hall–Kier alpha value is -1.43. The number of anilines is 1. The largest absolute Gasteiger partial charge is 0.481 e. The van der Waals surface area contributed by atoms with Crippen LogP contribution in [0.25, 0.3) is 0 Å². The number of hydrogen-bond donors (Lipinski definition) is 2. The van der Waals surface area contributed by atoms with E-state index in [1.54, 1.807) is 5.38 Å². The van der Waals surface area contributed by atoms with Crippen molar-refractivity contribution in [2.75, 3.05) is 5.32 Å². The molecule has 4 aliphatic carbocycles. The van der Waals surface area contributed by atoms with E-state index in [2.05, 4.69) is 10.3 Å². The van der Waals surface area contributed by atoms with Crippen LogP contribution in [-0.4, -0.2) is 22.0 Å². The maximum atomic E-state index is 12.8. The standard InChI is InChI=1S/C16H20N2O3S/c19-13(20)4-12-8-22-15(17-12)18-14(21)16-5-9-1-10(6-16)3-11(2-9)7-16/h8-11H,1-7H2,(H,19,20)(H,17,18,21). The van der Waals surface area contributed by atoms with Gasteiger partial charge >= 0.3 is 5.97 Å². The van der Waals surface area contributed by atoms with Crippen molar-refractivity contribution >= 4 is 28.3 Å². The lowest BCUT2D eigenvalue weighted by Crippen LogP contribution is -2.51. The van der Waals surface area contributed by atoms with Crippen molar-refractivity contribution in [1.29, 1.82) is 0 Å². The number of carboxylic acids is 1. The molecule has 4 aliphatic rings. The van der Waals surface area contributed by atoms with E-state index in [-0.39, 0.29) is 17.7 Å². The molecule has 2 N–H and O–H groups in total. The van der Waals surface area contributed by atoms with Crippen LogP contribution in [0.4, 0.5) is 5.13 Å². The van der Waals surface area contributed by atoms with E-state index in [0.717, 1.165) is 37.0 Å². The summed E-state index contributed by atoms with van der Waals surface area (Å²) in [7, 11) is 0. The predicted octanol–water partition coefficient (Wildman–Crippen LogP) is 2.93. The van der Waals surface area contributed by atoms with Crippen LogP contribution in [0, 0.1) is 23.2 Å². The molecule has 1 amide bonds. The van der Waals surface area contributed by atoms with Crippen LogP contribution in [0.5, 0.6) is 0 Å². The minimum atomic E-state index is -0.899. The number of nitrogens with zero attached hydrogens (tertiary/aromatic N) is 1. The van der Waals surface area contributed by atoms with Crippen molar-refractivity contribution < 1.29 is 14.7 Å². The molecule has 1 aromatic rings. The molecule has 5 rings (SSSR count). The number of thiazole rings is 1. The fourth-order valence-electron chi connectivity index (χ4n) is 5.22. The summed E-state index contributed by atoms with van der Waals surface area (Å²) in [6.45, 7) is 0. The molecule has 0 saturated heterocycles. The van der Waals surface area contributed by atoms with Gasteiger partial charge in [-0.25, -0.2) is 4.98 Å². The first-order valence-electron chi connectivity index (χ1n) is 8.00. The predicted molar refractivity (Wildman–Crippen MR) is 82.7 cm³/mol. The molecule has 0 aliphatic heterocycles. The number of hydrogen-bond acceptors (Lipinski definition) is 4. The summed E-state index contributed by atoms with van der Waals surface area (Å²) in [6.07, 6.45) is 6.92. The average molecular weight is 320 g/mol. The summed E-state index contributed by atoms with van der Waals surface area (Å²) in [5.41, 5.74) is 0.325. The Bertz CT molecular complexity index is 589. The Kier molecular flexibility index (Phi) is 3.25. The summed E-state index contributed by atoms with van der Waals surface area (Å²) in [5.74, 6) is 1.41. The molecule has 1 aromatic heterocycles. The van der Waals surface area contributed by atoms with Crippen LogP contribution in [-0.2, 0) is 16.0 Å². The number of rotatable bonds is 4. The van der Waals surface area contributed by atoms with Crippen molar-refractivity contribution in [2.45, 2.75) is 44.9 Å². The van der Waals surface area contributed by atoms with Crippen molar-refractivity contribution in [3.63, 3.8) is 0 Å². The summed E-state index contributed by atoms with van der Waals surface area (Å²) < 4.78 is 0. The molecule has 0 atom stereocenters. The van der Waals surface area contributed by atoms with E-state index in [0.29, 0.717) is 10.8 Å². The molecule has 0 unspecified atom stereocenters. The van der Waals surface area contributed by atoms with Crippen molar-refractivity contribution in [3.8, 4) is 0 Å². The van der Waals surface area contributed by atoms with Gasteiger partial charge in [-0.2, -0.15) is 0 Å². The molecule has 5 nitrogen and oxygen atoms in total. The lowest BCUT2D eigenvalue weighted by Gasteiger charge is -2.55. The third-order valence-corrected chi connectivity index (χ3v) is 6.43. The van der Waals surface area contributed by atoms with Crippen LogP contribution in [0.2, 0.25) is 0 Å². The molecular weight excluding hydrogens is 300 g/mol. The molecule has 4 saturated carbocycles. The molecule has 0 aromatic carbocycles. The summed E-state index contributed by atoms with van der Waals surface area (Å²) >= 11 is 1.32. The lowest BCUT2D eigenvalue weighted by molar-refractivity contribution is -0.140. The highest BCUT2D eigenvalue weighted by atomic mass is 32.1. The highest BCUT2D eigenvalue weighted by Crippen LogP contribution is 2.60. The second kappa shape index (κ2) is 5.05. The molecule has 0 radical (unpaired) electrons. The molecule has 22 heavy (non-hydrogen) atoms. The second-order valence-corrected chi connectivity index (χ2v) is 8.22. The van der Waals surface area contributed by atoms with E-state index in [1.807, 2.05) is 0 Å². The minimum absolute atomic E-state index is 0.0935. The van der Waals surface area contributed by atoms with Crippen LogP contribution in [0.15, 0.2) is 5.38 Å². The molecule has 0 spiro atoms. The van der Waals surface area contributed by atoms with Crippen LogP contribution < -0.4 is 5.32 Å². The normalized spacial score (nSPS) is 35.5. The lowest BCUT2D eigenvalue weighted by atomic mass is 9.49. The fraction of sp³-hybridized carbons (Fsp3) is 0.688. The number of carbonyl (C=O) groups excluding carboxylic acids is 1. The molecule has 4 bridgehead atoms. The van der Waals surface area contributed by atoms with Gasteiger partial charge in [0.2, 0.25) is 5.91 Å². The molecule has 4 fully saturated rings. The van der Waals surface area contributed by atoms with Crippen LogP contribution in [0.3, 0.4) is 0 Å². The Morgan fingerprint density at radius 2 is 1.82 bits per heavy atom. The first kappa shape index (κ1) is 14.2. The number of aromatic nitrogens is 1. The Morgan fingerprint density at radius 1 is 1.23 bits per heavy atom. The van der Waals surface area contributed by atoms with Gasteiger partial charge in [-0.15, -0.1) is 11.3 Å². The number of carbonyl (C=O) groups is 2. The van der Waals surface area contributed by atoms with Gasteiger partial charge in [0.05, 0.1) is 17.5 Å². The third kappa shape index (κ3) is 2.43. The van der Waals surface area contributed by atoms with Gasteiger partial charge in [0.15, 0.2) is 5.13 Å². The van der Waals surface area contributed by atoms with E-state index in [4.69, 9.17) is 5.11 Å². The van der Waals surface area contributed by atoms with Gasteiger partial charge < -0.3 is 10.4 Å². The second-order valence-electron chi connectivity index (χ2n) is 7.37. The zero-order chi connectivity index (χ0) is 15.3. The monoisotopic (exact) mass is 320 g/mol. The smallest absolute Gasteiger partial charge is 0.309 e. The van der Waals surface area contributed by atoms with E-state index >= 15 is 0 Å². The number of nitrogens with one attached hydrogen (secondary N) is 1. The quantitative estimate of drug-likeness (QED) is 0.894. The van der Waals surface area contributed by atoms with Crippen LogP contribution in [0.1, 0.15) is 44.2 Å². The summed E-state index contributed by atoms with van der Waals surface area (Å²) in [6, 6.07) is 0. The van der Waals surface area contributed by atoms with E-state index < -0.39 is 5.97 Å². The molecule has 1 heterocycles. The van der Waals surface area contributed by atoms with Crippen molar-refractivity contribution in [3.05, 3.63) is 11.1 Å². The maximum Gasteiger partial charge on any atom is 0.309 e. The Morgan fingerprint density at radius 3 is 2.36 bits per heavy atom. The summed E-state index contributed by atoms with van der Waals surface area (Å²) in [4.78, 5) is 27.8. The topological polar surface area (TPSA) is 79.3 Å². The molecular formula is C16H20N2O3S. The van der Waals surface area contributed by atoms with Crippen LogP contribution >= 0.6 is 11.3 Å². The third-order valence-electron chi connectivity index (χ3n) is 5.62. The van der Waals surface area contributed by atoms with Gasteiger partial charge in [-0.1, -0.05) is 0 Å². The Balaban J connectivity index is 1.48. The van der Waals surface area contributed by atoms with Crippen molar-refractivity contribution in [1.82, 2.24) is 4.98 Å². The first-order chi connectivity index (χ1) is 10.5. The van der Waals surface area contributed by atoms with E-state index in [9.17, 15) is 9.59 Å². The summed E-state index contributed by atoms with van der Waals surface area (Å²) in [5, 5.41) is 14.0.